The Balaban J connectivity index is 1.27. The van der Waals surface area contributed by atoms with E-state index in [-0.39, 0.29) is 23.9 Å². The van der Waals surface area contributed by atoms with Crippen LogP contribution >= 0.6 is 0 Å². The van der Waals surface area contributed by atoms with E-state index in [0.29, 0.717) is 0 Å². The fourth-order valence-electron chi connectivity index (χ4n) is 9.48. The van der Waals surface area contributed by atoms with Crippen LogP contribution in [0.2, 0.25) is 0 Å². The molecule has 2 atom stereocenters. The first-order valence-corrected chi connectivity index (χ1v) is 20.6. The topological polar surface area (TPSA) is 24.1 Å². The minimum atomic E-state index is -0.0183. The molecule has 0 spiro atoms. The highest BCUT2D eigenvalue weighted by atomic mass is 15.0. The van der Waals surface area contributed by atoms with Crippen molar-refractivity contribution in [1.82, 2.24) is 0 Å². The molecule has 1 aliphatic carbocycles. The van der Waals surface area contributed by atoms with Crippen LogP contribution in [0.3, 0.4) is 0 Å². The van der Waals surface area contributed by atoms with Crippen LogP contribution in [0.15, 0.2) is 188 Å². The monoisotopic (exact) mass is 738 g/mol. The second kappa shape index (κ2) is 16.0. The molecule has 8 aromatic rings. The normalized spacial score (nSPS) is 14.7. The molecule has 2 unspecified atom stereocenters. The van der Waals surface area contributed by atoms with Gasteiger partial charge in [-0.2, -0.15) is 0 Å². The molecule has 2 heteroatoms. The summed E-state index contributed by atoms with van der Waals surface area (Å²) < 4.78 is 0. The number of nitrogens with one attached hydrogen (secondary N) is 2. The van der Waals surface area contributed by atoms with E-state index in [0.717, 1.165) is 12.8 Å². The number of anilines is 2. The van der Waals surface area contributed by atoms with Gasteiger partial charge in [-0.1, -0.05) is 202 Å². The van der Waals surface area contributed by atoms with Crippen LogP contribution in [0.1, 0.15) is 99.0 Å². The third-order valence-corrected chi connectivity index (χ3v) is 12.1. The van der Waals surface area contributed by atoms with Crippen molar-refractivity contribution in [1.29, 1.82) is 0 Å². The summed E-state index contributed by atoms with van der Waals surface area (Å²) >= 11 is 0. The smallest absolute Gasteiger partial charge is 0.0763 e. The van der Waals surface area contributed by atoms with Gasteiger partial charge in [-0.05, 0) is 91.7 Å². The lowest BCUT2D eigenvalue weighted by Gasteiger charge is -2.32. The number of aryl methyl sites for hydroxylation is 3. The van der Waals surface area contributed by atoms with Gasteiger partial charge >= 0.3 is 0 Å². The first-order valence-electron chi connectivity index (χ1n) is 20.6. The van der Waals surface area contributed by atoms with E-state index in [1.807, 2.05) is 0 Å². The SMILES string of the molecule is CCc1cccc(CC)c1NC1c2cccc3cccc(c23)C1Nc1c(C)cc(C(c2ccccc2)c2ccccc2)cc1C(c1ccccc1)c1ccccc1. The Morgan fingerprint density at radius 3 is 1.30 bits per heavy atom. The molecule has 0 heterocycles. The zero-order valence-corrected chi connectivity index (χ0v) is 33.1. The Morgan fingerprint density at radius 1 is 0.421 bits per heavy atom. The maximum Gasteiger partial charge on any atom is 0.0763 e. The molecule has 2 nitrogen and oxygen atoms in total. The predicted molar refractivity (Wildman–Crippen MR) is 241 cm³/mol. The van der Waals surface area contributed by atoms with Gasteiger partial charge in [0.1, 0.15) is 0 Å². The Hall–Kier alpha value is -6.38. The lowest BCUT2D eigenvalue weighted by atomic mass is 9.78. The molecule has 9 rings (SSSR count). The Labute approximate surface area is 338 Å². The number of rotatable bonds is 12. The summed E-state index contributed by atoms with van der Waals surface area (Å²) in [5, 5.41) is 11.2. The van der Waals surface area contributed by atoms with E-state index in [4.69, 9.17) is 0 Å². The molecule has 0 aliphatic heterocycles. The van der Waals surface area contributed by atoms with Crippen molar-refractivity contribution in [2.45, 2.75) is 57.5 Å². The van der Waals surface area contributed by atoms with Gasteiger partial charge < -0.3 is 10.6 Å². The van der Waals surface area contributed by atoms with Crippen LogP contribution in [0, 0.1) is 6.92 Å². The van der Waals surface area contributed by atoms with Crippen molar-refractivity contribution in [3.8, 4) is 0 Å². The highest BCUT2D eigenvalue weighted by molar-refractivity contribution is 5.93. The average molecular weight is 739 g/mol. The van der Waals surface area contributed by atoms with Gasteiger partial charge in [0.15, 0.2) is 0 Å². The van der Waals surface area contributed by atoms with E-state index in [1.165, 1.54) is 83.3 Å². The molecule has 2 N–H and O–H groups in total. The number of hydrogen-bond acceptors (Lipinski definition) is 2. The first kappa shape index (κ1) is 36.3. The zero-order valence-electron chi connectivity index (χ0n) is 33.1. The number of para-hydroxylation sites is 1. The predicted octanol–water partition coefficient (Wildman–Crippen LogP) is 14.0. The van der Waals surface area contributed by atoms with Crippen LogP contribution in [-0.4, -0.2) is 0 Å². The minimum absolute atomic E-state index is 0.000706. The van der Waals surface area contributed by atoms with Gasteiger partial charge in [0, 0.05) is 23.2 Å². The second-order valence-electron chi connectivity index (χ2n) is 15.5. The Kier molecular flexibility index (Phi) is 10.2. The van der Waals surface area contributed by atoms with Gasteiger partial charge in [-0.25, -0.2) is 0 Å². The minimum Gasteiger partial charge on any atom is -0.375 e. The summed E-state index contributed by atoms with van der Waals surface area (Å²) in [4.78, 5) is 0. The molecule has 0 amide bonds. The van der Waals surface area contributed by atoms with E-state index >= 15 is 0 Å². The molecular weight excluding hydrogens is 689 g/mol. The third-order valence-electron chi connectivity index (χ3n) is 12.1. The quantitative estimate of drug-likeness (QED) is 0.122. The van der Waals surface area contributed by atoms with Crippen LogP contribution in [-0.2, 0) is 12.8 Å². The van der Waals surface area contributed by atoms with Crippen LogP contribution in [0.25, 0.3) is 10.8 Å². The summed E-state index contributed by atoms with van der Waals surface area (Å²) in [6.45, 7) is 6.84. The summed E-state index contributed by atoms with van der Waals surface area (Å²) in [6.07, 6.45) is 1.95. The summed E-state index contributed by atoms with van der Waals surface area (Å²) in [6, 6.07) is 69.5. The van der Waals surface area contributed by atoms with Crippen molar-refractivity contribution in [3.63, 3.8) is 0 Å². The van der Waals surface area contributed by atoms with Crippen LogP contribution in [0.4, 0.5) is 11.4 Å². The highest BCUT2D eigenvalue weighted by Gasteiger charge is 2.37. The molecule has 0 saturated heterocycles. The maximum atomic E-state index is 4.33. The summed E-state index contributed by atoms with van der Waals surface area (Å²) in [5.41, 5.74) is 16.8. The maximum absolute atomic E-state index is 4.33. The van der Waals surface area contributed by atoms with Crippen molar-refractivity contribution >= 4 is 22.1 Å². The molecular formula is C55H50N2. The van der Waals surface area contributed by atoms with E-state index in [2.05, 4.69) is 219 Å². The Morgan fingerprint density at radius 2 is 0.842 bits per heavy atom. The van der Waals surface area contributed by atoms with E-state index < -0.39 is 0 Å². The summed E-state index contributed by atoms with van der Waals surface area (Å²) in [7, 11) is 0. The van der Waals surface area contributed by atoms with Crippen molar-refractivity contribution in [2.24, 2.45) is 0 Å². The zero-order chi connectivity index (χ0) is 38.7. The fraction of sp³-hybridized carbons (Fsp3) is 0.164. The lowest BCUT2D eigenvalue weighted by molar-refractivity contribution is 0.677. The molecule has 0 aromatic heterocycles. The molecule has 0 saturated carbocycles. The molecule has 8 aromatic carbocycles. The number of hydrogen-bond donors (Lipinski definition) is 2. The molecule has 280 valence electrons. The molecule has 57 heavy (non-hydrogen) atoms. The van der Waals surface area contributed by atoms with E-state index in [1.54, 1.807) is 0 Å². The van der Waals surface area contributed by atoms with Gasteiger partial charge in [-0.15, -0.1) is 0 Å². The van der Waals surface area contributed by atoms with Crippen molar-refractivity contribution in [3.05, 3.63) is 249 Å². The fourth-order valence-corrected chi connectivity index (χ4v) is 9.48. The van der Waals surface area contributed by atoms with E-state index in [9.17, 15) is 0 Å². The average Bonchev–Trinajstić information content (AvgIpc) is 3.56. The van der Waals surface area contributed by atoms with Gasteiger partial charge in [-0.3, -0.25) is 0 Å². The largest absolute Gasteiger partial charge is 0.375 e. The van der Waals surface area contributed by atoms with Crippen molar-refractivity contribution < 1.29 is 0 Å². The third kappa shape index (κ3) is 6.91. The van der Waals surface area contributed by atoms with Gasteiger partial charge in [0.2, 0.25) is 0 Å². The lowest BCUT2D eigenvalue weighted by Crippen LogP contribution is -2.24. The van der Waals surface area contributed by atoms with Gasteiger partial charge in [0.05, 0.1) is 12.1 Å². The number of benzene rings is 8. The first-order chi connectivity index (χ1) is 28.1. The molecule has 1 aliphatic rings. The molecule has 0 fully saturated rings. The summed E-state index contributed by atoms with van der Waals surface area (Å²) in [5.74, 6) is 0.0715. The standard InChI is InChI=1S/C55H50N2/c1-4-38-29-18-30-39(5-2)53(38)57-55-47-34-20-32-44-31-19-33-46(51(44)47)54(55)56-52-37(3)35-45(49(40-21-10-6-11-22-40)41-23-12-7-13-24-41)36-48(52)50(42-25-14-8-15-26-42)43-27-16-9-17-28-43/h6-36,49-50,54-57H,4-5H2,1-3H3. The van der Waals surface area contributed by atoms with Crippen LogP contribution < -0.4 is 10.6 Å². The van der Waals surface area contributed by atoms with Gasteiger partial charge in [0.25, 0.3) is 0 Å². The Bertz CT molecular complexity index is 2510. The molecule has 0 bridgehead atoms. The van der Waals surface area contributed by atoms with Crippen LogP contribution in [0.5, 0.6) is 0 Å². The highest BCUT2D eigenvalue weighted by Crippen LogP contribution is 2.50. The van der Waals surface area contributed by atoms with Crippen molar-refractivity contribution in [2.75, 3.05) is 10.6 Å². The molecule has 0 radical (unpaired) electrons. The second-order valence-corrected chi connectivity index (χ2v) is 15.5.